The summed E-state index contributed by atoms with van der Waals surface area (Å²) >= 11 is 0. The Morgan fingerprint density at radius 2 is 1.83 bits per heavy atom. The summed E-state index contributed by atoms with van der Waals surface area (Å²) in [6, 6.07) is 17.2. The van der Waals surface area contributed by atoms with Crippen LogP contribution in [0.25, 0.3) is 0 Å². The van der Waals surface area contributed by atoms with Crippen molar-refractivity contribution in [1.82, 2.24) is 5.32 Å². The molecule has 126 valence electrons. The summed E-state index contributed by atoms with van der Waals surface area (Å²) in [5, 5.41) is 2.94. The van der Waals surface area contributed by atoms with Gasteiger partial charge in [0.15, 0.2) is 0 Å². The molecule has 1 aliphatic rings. The first-order valence-electron chi connectivity index (χ1n) is 8.41. The van der Waals surface area contributed by atoms with Gasteiger partial charge in [-0.3, -0.25) is 4.79 Å². The van der Waals surface area contributed by atoms with Crippen LogP contribution in [0.4, 0.5) is 0 Å². The highest BCUT2D eigenvalue weighted by Crippen LogP contribution is 2.30. The summed E-state index contributed by atoms with van der Waals surface area (Å²) in [4.78, 5) is 12.5. The second-order valence-electron chi connectivity index (χ2n) is 6.61. The van der Waals surface area contributed by atoms with Gasteiger partial charge in [0.25, 0.3) is 0 Å². The maximum absolute atomic E-state index is 12.5. The number of carbonyl (C=O) groups excluding carboxylic acids is 1. The van der Waals surface area contributed by atoms with E-state index in [-0.39, 0.29) is 5.91 Å². The molecule has 0 heterocycles. The lowest BCUT2D eigenvalue weighted by Crippen LogP contribution is -2.48. The van der Waals surface area contributed by atoms with Crippen LogP contribution in [0.3, 0.4) is 0 Å². The lowest BCUT2D eigenvalue weighted by Gasteiger charge is -2.24. The Bertz CT molecular complexity index is 694. The van der Waals surface area contributed by atoms with E-state index in [1.807, 2.05) is 54.6 Å². The van der Waals surface area contributed by atoms with Crippen LogP contribution >= 0.6 is 0 Å². The molecule has 3 N–H and O–H groups in total. The molecule has 1 fully saturated rings. The molecule has 0 spiro atoms. The van der Waals surface area contributed by atoms with Gasteiger partial charge >= 0.3 is 0 Å². The van der Waals surface area contributed by atoms with Crippen molar-refractivity contribution in [3.05, 3.63) is 65.7 Å². The minimum Gasteiger partial charge on any atom is -0.493 e. The van der Waals surface area contributed by atoms with Gasteiger partial charge in [0.1, 0.15) is 11.3 Å². The Labute approximate surface area is 143 Å². The third-order valence-electron chi connectivity index (χ3n) is 4.43. The molecule has 2 aromatic carbocycles. The van der Waals surface area contributed by atoms with Crippen molar-refractivity contribution in [3.63, 3.8) is 0 Å². The third-order valence-corrected chi connectivity index (χ3v) is 4.43. The zero-order valence-corrected chi connectivity index (χ0v) is 14.0. The summed E-state index contributed by atoms with van der Waals surface area (Å²) in [6.07, 6.45) is 2.50. The van der Waals surface area contributed by atoms with Crippen molar-refractivity contribution < 1.29 is 9.53 Å². The van der Waals surface area contributed by atoms with Crippen LogP contribution in [0.1, 0.15) is 30.9 Å². The summed E-state index contributed by atoms with van der Waals surface area (Å²) < 4.78 is 5.88. The highest BCUT2D eigenvalue weighted by atomic mass is 16.5. The summed E-state index contributed by atoms with van der Waals surface area (Å²) in [5.74, 6) is 1.33. The van der Waals surface area contributed by atoms with Gasteiger partial charge in [0.2, 0.25) is 5.91 Å². The fourth-order valence-electron chi connectivity index (χ4n) is 2.56. The molecule has 0 radical (unpaired) electrons. The molecule has 4 nitrogen and oxygen atoms in total. The molecule has 1 saturated carbocycles. The number of ether oxygens (including phenoxy) is 1. The maximum Gasteiger partial charge on any atom is 0.244 e. The number of rotatable bonds is 7. The van der Waals surface area contributed by atoms with Crippen LogP contribution in [0.15, 0.2) is 54.6 Å². The van der Waals surface area contributed by atoms with E-state index in [0.29, 0.717) is 12.5 Å². The molecule has 1 aliphatic carbocycles. The molecule has 1 amide bonds. The minimum atomic E-state index is -1.06. The molecule has 2 aromatic rings. The van der Waals surface area contributed by atoms with Crippen molar-refractivity contribution in [2.45, 2.75) is 31.8 Å². The van der Waals surface area contributed by atoms with E-state index in [4.69, 9.17) is 10.5 Å². The second-order valence-corrected chi connectivity index (χ2v) is 6.61. The quantitative estimate of drug-likeness (QED) is 0.823. The first-order valence-corrected chi connectivity index (χ1v) is 8.41. The van der Waals surface area contributed by atoms with Gasteiger partial charge in [-0.25, -0.2) is 0 Å². The molecule has 24 heavy (non-hydrogen) atoms. The van der Waals surface area contributed by atoms with Crippen LogP contribution in [0.5, 0.6) is 5.75 Å². The normalized spacial score (nSPS) is 16.2. The average Bonchev–Trinajstić information content (AvgIpc) is 3.43. The van der Waals surface area contributed by atoms with E-state index in [1.165, 1.54) is 12.8 Å². The van der Waals surface area contributed by atoms with Crippen LogP contribution in [-0.2, 0) is 16.9 Å². The van der Waals surface area contributed by atoms with Crippen LogP contribution in [-0.4, -0.2) is 12.5 Å². The monoisotopic (exact) mass is 324 g/mol. The number of amides is 1. The van der Waals surface area contributed by atoms with Gasteiger partial charge in [-0.1, -0.05) is 48.5 Å². The van der Waals surface area contributed by atoms with Crippen molar-refractivity contribution in [2.24, 2.45) is 11.7 Å². The smallest absolute Gasteiger partial charge is 0.244 e. The molecular formula is C20H24N2O2. The second kappa shape index (κ2) is 7.05. The Morgan fingerprint density at radius 1 is 1.17 bits per heavy atom. The predicted molar refractivity (Wildman–Crippen MR) is 94.5 cm³/mol. The number of hydrogen-bond donors (Lipinski definition) is 2. The lowest BCUT2D eigenvalue weighted by atomic mass is 9.92. The minimum absolute atomic E-state index is 0.203. The zero-order chi connectivity index (χ0) is 17.0. The van der Waals surface area contributed by atoms with Crippen LogP contribution in [0, 0.1) is 5.92 Å². The topological polar surface area (TPSA) is 64.4 Å². The van der Waals surface area contributed by atoms with Crippen LogP contribution < -0.4 is 15.8 Å². The number of para-hydroxylation sites is 1. The highest BCUT2D eigenvalue weighted by molar-refractivity contribution is 5.87. The first-order chi connectivity index (χ1) is 11.6. The number of carbonyl (C=O) groups is 1. The van der Waals surface area contributed by atoms with Crippen LogP contribution in [0.2, 0.25) is 0 Å². The maximum atomic E-state index is 12.5. The molecule has 1 unspecified atom stereocenters. The van der Waals surface area contributed by atoms with Gasteiger partial charge in [-0.2, -0.15) is 0 Å². The SMILES string of the molecule is CC(N)(C(=O)NCc1ccccc1OCC1CC1)c1ccccc1. The third kappa shape index (κ3) is 3.95. The van der Waals surface area contributed by atoms with Gasteiger partial charge in [0.05, 0.1) is 6.61 Å². The first kappa shape index (κ1) is 16.5. The van der Waals surface area contributed by atoms with E-state index < -0.39 is 5.54 Å². The summed E-state index contributed by atoms with van der Waals surface area (Å²) in [7, 11) is 0. The molecule has 3 rings (SSSR count). The Morgan fingerprint density at radius 3 is 2.54 bits per heavy atom. The molecule has 1 atom stereocenters. The highest BCUT2D eigenvalue weighted by Gasteiger charge is 2.30. The van der Waals surface area contributed by atoms with Crippen molar-refractivity contribution in [3.8, 4) is 5.75 Å². The Hall–Kier alpha value is -2.33. The fourth-order valence-corrected chi connectivity index (χ4v) is 2.56. The molecule has 0 bridgehead atoms. The predicted octanol–water partition coefficient (Wildman–Crippen LogP) is 2.97. The van der Waals surface area contributed by atoms with E-state index in [9.17, 15) is 4.79 Å². The number of nitrogens with two attached hydrogens (primary N) is 1. The molecule has 0 aliphatic heterocycles. The summed E-state index contributed by atoms with van der Waals surface area (Å²) in [6.45, 7) is 2.88. The standard InChI is InChI=1S/C20H24N2O2/c1-20(21,17-8-3-2-4-9-17)19(23)22-13-16-7-5-6-10-18(16)24-14-15-11-12-15/h2-10,15H,11-14,21H2,1H3,(H,22,23). The Balaban J connectivity index is 1.63. The Kier molecular flexibility index (Phi) is 4.86. The average molecular weight is 324 g/mol. The van der Waals surface area contributed by atoms with E-state index >= 15 is 0 Å². The molecule has 0 aromatic heterocycles. The molecular weight excluding hydrogens is 300 g/mol. The van der Waals surface area contributed by atoms with E-state index in [2.05, 4.69) is 5.32 Å². The summed E-state index contributed by atoms with van der Waals surface area (Å²) in [5.41, 5.74) is 6.94. The lowest BCUT2D eigenvalue weighted by molar-refractivity contribution is -0.126. The van der Waals surface area contributed by atoms with Crippen molar-refractivity contribution in [1.29, 1.82) is 0 Å². The zero-order valence-electron chi connectivity index (χ0n) is 14.0. The fraction of sp³-hybridized carbons (Fsp3) is 0.350. The molecule has 0 saturated heterocycles. The number of benzene rings is 2. The van der Waals surface area contributed by atoms with Gasteiger partial charge in [-0.05, 0) is 37.3 Å². The van der Waals surface area contributed by atoms with E-state index in [1.54, 1.807) is 6.92 Å². The largest absolute Gasteiger partial charge is 0.493 e. The van der Waals surface area contributed by atoms with Gasteiger partial charge < -0.3 is 15.8 Å². The number of nitrogens with one attached hydrogen (secondary N) is 1. The van der Waals surface area contributed by atoms with E-state index in [0.717, 1.165) is 23.5 Å². The number of hydrogen-bond acceptors (Lipinski definition) is 3. The molecule has 4 heteroatoms. The van der Waals surface area contributed by atoms with Gasteiger partial charge in [0, 0.05) is 12.1 Å². The van der Waals surface area contributed by atoms with Gasteiger partial charge in [-0.15, -0.1) is 0 Å². The van der Waals surface area contributed by atoms with Crippen molar-refractivity contribution in [2.75, 3.05) is 6.61 Å². The van der Waals surface area contributed by atoms with Crippen molar-refractivity contribution >= 4 is 5.91 Å².